The van der Waals surface area contributed by atoms with E-state index in [4.69, 9.17) is 0 Å². The van der Waals surface area contributed by atoms with Crippen LogP contribution in [0.1, 0.15) is 30.7 Å². The molecule has 1 saturated carbocycles. The molecular formula is C17H22N4O2S. The fourth-order valence-corrected chi connectivity index (χ4v) is 3.44. The van der Waals surface area contributed by atoms with Gasteiger partial charge in [-0.1, -0.05) is 18.6 Å². The Bertz CT molecular complexity index is 678. The van der Waals surface area contributed by atoms with Crippen LogP contribution in [-0.4, -0.2) is 30.0 Å². The number of rotatable bonds is 7. The molecule has 1 aromatic heterocycles. The first kappa shape index (κ1) is 16.7. The highest BCUT2D eigenvalue weighted by molar-refractivity contribution is 7.18. The van der Waals surface area contributed by atoms with Gasteiger partial charge >= 0.3 is 6.03 Å². The van der Waals surface area contributed by atoms with Crippen LogP contribution in [0.3, 0.4) is 0 Å². The Hall–Kier alpha value is -2.15. The van der Waals surface area contributed by atoms with Crippen LogP contribution < -0.4 is 16.0 Å². The van der Waals surface area contributed by atoms with E-state index in [2.05, 4.69) is 20.9 Å². The van der Waals surface area contributed by atoms with Crippen LogP contribution in [0.5, 0.6) is 0 Å². The van der Waals surface area contributed by atoms with Gasteiger partial charge in [0.2, 0.25) is 5.91 Å². The number of nitrogens with one attached hydrogen (secondary N) is 3. The summed E-state index contributed by atoms with van der Waals surface area (Å²) in [6, 6.07) is 7.71. The second kappa shape index (κ2) is 8.10. The molecule has 1 aromatic carbocycles. The maximum absolute atomic E-state index is 11.8. The van der Waals surface area contributed by atoms with Crippen molar-refractivity contribution in [2.24, 2.45) is 5.92 Å². The van der Waals surface area contributed by atoms with Gasteiger partial charge in [0, 0.05) is 19.0 Å². The number of carbonyl (C=O) groups is 2. The monoisotopic (exact) mass is 346 g/mol. The number of nitrogens with zero attached hydrogens (tertiary/aromatic N) is 1. The molecule has 2 aromatic rings. The Morgan fingerprint density at radius 1 is 1.12 bits per heavy atom. The van der Waals surface area contributed by atoms with E-state index < -0.39 is 0 Å². The first-order valence-electron chi connectivity index (χ1n) is 8.36. The summed E-state index contributed by atoms with van der Waals surface area (Å²) >= 11 is 1.58. The summed E-state index contributed by atoms with van der Waals surface area (Å²) in [7, 11) is 0. The number of amides is 3. The van der Waals surface area contributed by atoms with E-state index in [1.165, 1.54) is 0 Å². The average Bonchev–Trinajstić information content (AvgIpc) is 2.94. The van der Waals surface area contributed by atoms with Crippen LogP contribution in [0.2, 0.25) is 0 Å². The number of carbonyl (C=O) groups excluding carboxylic acids is 2. The van der Waals surface area contributed by atoms with Gasteiger partial charge in [-0.3, -0.25) is 4.79 Å². The number of thiazole rings is 1. The minimum Gasteiger partial charge on any atom is -0.356 e. The Morgan fingerprint density at radius 3 is 2.67 bits per heavy atom. The van der Waals surface area contributed by atoms with E-state index >= 15 is 0 Å². The topological polar surface area (TPSA) is 83.1 Å². The molecule has 128 valence electrons. The molecule has 7 heteroatoms. The number of aromatic nitrogens is 1. The van der Waals surface area contributed by atoms with Gasteiger partial charge in [-0.05, 0) is 31.4 Å². The fraction of sp³-hybridized carbons (Fsp3) is 0.471. The third kappa shape index (κ3) is 4.44. The van der Waals surface area contributed by atoms with E-state index in [0.717, 1.165) is 40.9 Å². The van der Waals surface area contributed by atoms with E-state index in [-0.39, 0.29) is 17.9 Å². The van der Waals surface area contributed by atoms with Gasteiger partial charge in [-0.15, -0.1) is 11.3 Å². The van der Waals surface area contributed by atoms with Crippen molar-refractivity contribution in [1.29, 1.82) is 0 Å². The molecule has 24 heavy (non-hydrogen) atoms. The standard InChI is InChI=1S/C17H22N4O2S/c22-16(12-5-3-6-12)18-9-4-10-19-17(23)20-11-15-21-13-7-1-2-8-14(13)24-15/h1-2,7-8,12H,3-6,9-11H2,(H,18,22)(H2,19,20,23). The van der Waals surface area contributed by atoms with Gasteiger partial charge in [0.15, 0.2) is 0 Å². The van der Waals surface area contributed by atoms with Gasteiger partial charge in [0.25, 0.3) is 0 Å². The number of para-hydroxylation sites is 1. The molecule has 0 atom stereocenters. The zero-order valence-corrected chi connectivity index (χ0v) is 14.3. The number of urea groups is 1. The SMILES string of the molecule is O=C(NCCCNC(=O)C1CCC1)NCc1nc2ccccc2s1. The molecule has 0 bridgehead atoms. The highest BCUT2D eigenvalue weighted by Crippen LogP contribution is 2.26. The molecule has 0 unspecified atom stereocenters. The van der Waals surface area contributed by atoms with Crippen molar-refractivity contribution in [2.75, 3.05) is 13.1 Å². The summed E-state index contributed by atoms with van der Waals surface area (Å²) in [5.41, 5.74) is 0.960. The number of hydrogen-bond donors (Lipinski definition) is 3. The quantitative estimate of drug-likeness (QED) is 0.673. The van der Waals surface area contributed by atoms with Crippen LogP contribution in [-0.2, 0) is 11.3 Å². The summed E-state index contributed by atoms with van der Waals surface area (Å²) in [5.74, 6) is 0.372. The van der Waals surface area contributed by atoms with E-state index in [1.54, 1.807) is 11.3 Å². The zero-order valence-electron chi connectivity index (χ0n) is 13.5. The lowest BCUT2D eigenvalue weighted by atomic mass is 9.85. The Balaban J connectivity index is 1.29. The summed E-state index contributed by atoms with van der Waals surface area (Å²) in [4.78, 5) is 27.9. The molecule has 0 radical (unpaired) electrons. The van der Waals surface area contributed by atoms with Crippen LogP contribution in [0.4, 0.5) is 4.79 Å². The minimum atomic E-state index is -0.209. The van der Waals surface area contributed by atoms with E-state index in [9.17, 15) is 9.59 Å². The maximum Gasteiger partial charge on any atom is 0.315 e. The van der Waals surface area contributed by atoms with Crippen molar-refractivity contribution in [3.63, 3.8) is 0 Å². The fourth-order valence-electron chi connectivity index (χ4n) is 2.53. The van der Waals surface area contributed by atoms with Crippen molar-refractivity contribution in [1.82, 2.24) is 20.9 Å². The van der Waals surface area contributed by atoms with Crippen molar-refractivity contribution in [2.45, 2.75) is 32.2 Å². The zero-order chi connectivity index (χ0) is 16.8. The highest BCUT2D eigenvalue weighted by atomic mass is 32.1. The summed E-state index contributed by atoms with van der Waals surface area (Å²) in [6.45, 7) is 1.56. The number of hydrogen-bond acceptors (Lipinski definition) is 4. The highest BCUT2D eigenvalue weighted by Gasteiger charge is 2.24. The molecule has 1 heterocycles. The Morgan fingerprint density at radius 2 is 1.92 bits per heavy atom. The summed E-state index contributed by atoms with van der Waals surface area (Å²) < 4.78 is 1.12. The minimum absolute atomic E-state index is 0.154. The molecule has 3 rings (SSSR count). The van der Waals surface area contributed by atoms with Gasteiger partial charge in [0.1, 0.15) is 5.01 Å². The molecule has 3 amide bonds. The van der Waals surface area contributed by atoms with Crippen molar-refractivity contribution in [3.8, 4) is 0 Å². The van der Waals surface area contributed by atoms with Gasteiger partial charge in [-0.2, -0.15) is 0 Å². The average molecular weight is 346 g/mol. The first-order valence-corrected chi connectivity index (χ1v) is 9.18. The van der Waals surface area contributed by atoms with Gasteiger partial charge < -0.3 is 16.0 Å². The van der Waals surface area contributed by atoms with E-state index in [1.807, 2.05) is 24.3 Å². The molecule has 0 spiro atoms. The Labute approximate surface area is 145 Å². The molecule has 6 nitrogen and oxygen atoms in total. The smallest absolute Gasteiger partial charge is 0.315 e. The number of fused-ring (bicyclic) bond motifs is 1. The second-order valence-corrected chi connectivity index (χ2v) is 7.07. The molecule has 0 aliphatic heterocycles. The van der Waals surface area contributed by atoms with Crippen molar-refractivity contribution in [3.05, 3.63) is 29.3 Å². The van der Waals surface area contributed by atoms with Crippen LogP contribution in [0.25, 0.3) is 10.2 Å². The molecule has 1 aliphatic carbocycles. The molecule has 1 fully saturated rings. The molecule has 0 saturated heterocycles. The lowest BCUT2D eigenvalue weighted by Gasteiger charge is -2.23. The lowest BCUT2D eigenvalue weighted by Crippen LogP contribution is -2.38. The molecule has 1 aliphatic rings. The summed E-state index contributed by atoms with van der Waals surface area (Å²) in [5, 5.41) is 9.40. The first-order chi connectivity index (χ1) is 11.7. The van der Waals surface area contributed by atoms with Crippen LogP contribution in [0, 0.1) is 5.92 Å². The van der Waals surface area contributed by atoms with Gasteiger partial charge in [0.05, 0.1) is 16.8 Å². The normalized spacial score (nSPS) is 14.2. The van der Waals surface area contributed by atoms with E-state index in [0.29, 0.717) is 19.6 Å². The second-order valence-electron chi connectivity index (χ2n) is 5.96. The predicted octanol–water partition coefficient (Wildman–Crippen LogP) is 2.40. The third-order valence-electron chi connectivity index (χ3n) is 4.15. The summed E-state index contributed by atoms with van der Waals surface area (Å²) in [6.07, 6.45) is 3.91. The number of benzene rings is 1. The largest absolute Gasteiger partial charge is 0.356 e. The molecule has 3 N–H and O–H groups in total. The predicted molar refractivity (Wildman–Crippen MR) is 94.8 cm³/mol. The van der Waals surface area contributed by atoms with Crippen LogP contribution >= 0.6 is 11.3 Å². The van der Waals surface area contributed by atoms with Gasteiger partial charge in [-0.25, -0.2) is 9.78 Å². The third-order valence-corrected chi connectivity index (χ3v) is 5.19. The maximum atomic E-state index is 11.8. The lowest BCUT2D eigenvalue weighted by molar-refractivity contribution is -0.127. The van der Waals surface area contributed by atoms with Crippen LogP contribution in [0.15, 0.2) is 24.3 Å². The van der Waals surface area contributed by atoms with Crippen molar-refractivity contribution >= 4 is 33.5 Å². The molecular weight excluding hydrogens is 324 g/mol. The Kier molecular flexibility index (Phi) is 5.63. The van der Waals surface area contributed by atoms with Crippen molar-refractivity contribution < 1.29 is 9.59 Å².